The molecule has 7 heteroatoms. The van der Waals surface area contributed by atoms with Crippen molar-refractivity contribution in [2.24, 2.45) is 0 Å². The second-order valence-corrected chi connectivity index (χ2v) is 6.39. The highest BCUT2D eigenvalue weighted by molar-refractivity contribution is 5.68. The molecule has 0 N–H and O–H groups in total. The van der Waals surface area contributed by atoms with Gasteiger partial charge < -0.3 is 19.3 Å². The third kappa shape index (κ3) is 3.99. The van der Waals surface area contributed by atoms with Gasteiger partial charge in [-0.1, -0.05) is 0 Å². The lowest BCUT2D eigenvalue weighted by Gasteiger charge is -2.40. The summed E-state index contributed by atoms with van der Waals surface area (Å²) in [5, 5.41) is 0. The monoisotopic (exact) mass is 308 g/mol. The number of amides is 1. The van der Waals surface area contributed by atoms with Crippen molar-refractivity contribution in [2.75, 3.05) is 31.6 Å². The number of carbonyl (C=O) groups excluding carboxylic acids is 1. The molecule has 1 aliphatic rings. The van der Waals surface area contributed by atoms with Crippen LogP contribution in [0.3, 0.4) is 0 Å². The van der Waals surface area contributed by atoms with Crippen LogP contribution in [0.5, 0.6) is 5.88 Å². The van der Waals surface area contributed by atoms with E-state index in [1.165, 1.54) is 6.33 Å². The molecule has 0 bridgehead atoms. The Hall–Kier alpha value is -2.05. The van der Waals surface area contributed by atoms with Crippen molar-refractivity contribution >= 4 is 11.9 Å². The first-order chi connectivity index (χ1) is 10.3. The molecule has 0 aromatic carbocycles. The van der Waals surface area contributed by atoms with Crippen LogP contribution in [0, 0.1) is 0 Å². The maximum Gasteiger partial charge on any atom is 0.410 e. The summed E-state index contributed by atoms with van der Waals surface area (Å²) in [7, 11) is 1.58. The lowest BCUT2D eigenvalue weighted by molar-refractivity contribution is 0.0218. The molecule has 1 aromatic heterocycles. The number of nitrogens with zero attached hydrogens (tertiary/aromatic N) is 4. The largest absolute Gasteiger partial charge is 0.481 e. The Morgan fingerprint density at radius 3 is 2.64 bits per heavy atom. The molecular formula is C15H24N4O3. The Balaban J connectivity index is 2.02. The molecule has 1 saturated heterocycles. The van der Waals surface area contributed by atoms with Crippen LogP contribution in [0.1, 0.15) is 27.7 Å². The molecule has 0 radical (unpaired) electrons. The normalized spacial score (nSPS) is 19.0. The lowest BCUT2D eigenvalue weighted by Crippen LogP contribution is -2.54. The van der Waals surface area contributed by atoms with E-state index in [-0.39, 0.29) is 12.1 Å². The fourth-order valence-corrected chi connectivity index (χ4v) is 2.39. The van der Waals surface area contributed by atoms with E-state index in [2.05, 4.69) is 21.8 Å². The quantitative estimate of drug-likeness (QED) is 0.831. The molecule has 1 aliphatic heterocycles. The lowest BCUT2D eigenvalue weighted by atomic mass is 10.2. The van der Waals surface area contributed by atoms with E-state index in [0.29, 0.717) is 25.5 Å². The van der Waals surface area contributed by atoms with Crippen LogP contribution in [-0.4, -0.2) is 59.3 Å². The summed E-state index contributed by atoms with van der Waals surface area (Å²) in [4.78, 5) is 24.3. The Morgan fingerprint density at radius 1 is 1.32 bits per heavy atom. The molecule has 1 fully saturated rings. The van der Waals surface area contributed by atoms with E-state index in [1.807, 2.05) is 20.8 Å². The van der Waals surface area contributed by atoms with Gasteiger partial charge in [0.1, 0.15) is 17.7 Å². The molecule has 0 saturated carbocycles. The topological polar surface area (TPSA) is 67.8 Å². The van der Waals surface area contributed by atoms with Gasteiger partial charge in [0.25, 0.3) is 0 Å². The molecule has 0 unspecified atom stereocenters. The van der Waals surface area contributed by atoms with Gasteiger partial charge in [0, 0.05) is 31.7 Å². The second-order valence-electron chi connectivity index (χ2n) is 6.39. The first kappa shape index (κ1) is 16.3. The van der Waals surface area contributed by atoms with Crippen LogP contribution in [0.2, 0.25) is 0 Å². The summed E-state index contributed by atoms with van der Waals surface area (Å²) < 4.78 is 10.6. The number of hydrogen-bond acceptors (Lipinski definition) is 6. The van der Waals surface area contributed by atoms with E-state index in [1.54, 1.807) is 18.1 Å². The predicted octanol–water partition coefficient (Wildman–Crippen LogP) is 1.93. The van der Waals surface area contributed by atoms with E-state index >= 15 is 0 Å². The van der Waals surface area contributed by atoms with E-state index in [4.69, 9.17) is 9.47 Å². The highest BCUT2D eigenvalue weighted by Gasteiger charge is 2.30. The van der Waals surface area contributed by atoms with Crippen molar-refractivity contribution in [3.05, 3.63) is 12.4 Å². The first-order valence-electron chi connectivity index (χ1n) is 7.41. The molecule has 0 spiro atoms. The Labute approximate surface area is 131 Å². The van der Waals surface area contributed by atoms with E-state index in [9.17, 15) is 4.79 Å². The average molecular weight is 308 g/mol. The van der Waals surface area contributed by atoms with E-state index < -0.39 is 5.60 Å². The number of ether oxygens (including phenoxy) is 2. The van der Waals surface area contributed by atoms with Crippen molar-refractivity contribution < 1.29 is 14.3 Å². The van der Waals surface area contributed by atoms with Gasteiger partial charge in [0.05, 0.1) is 7.11 Å². The SMILES string of the molecule is COc1cc(N2CCN(C(=O)OC(C)(C)C)C[C@@H]2C)ncn1. The maximum atomic E-state index is 12.1. The molecule has 1 aromatic rings. The Bertz CT molecular complexity index is 530. The molecular weight excluding hydrogens is 284 g/mol. The number of carbonyl (C=O) groups is 1. The minimum atomic E-state index is -0.475. The molecule has 0 aliphatic carbocycles. The van der Waals surface area contributed by atoms with E-state index in [0.717, 1.165) is 5.82 Å². The third-order valence-corrected chi connectivity index (χ3v) is 3.41. The van der Waals surface area contributed by atoms with Gasteiger partial charge in [0.15, 0.2) is 0 Å². The van der Waals surface area contributed by atoms with Gasteiger partial charge in [-0.15, -0.1) is 0 Å². The highest BCUT2D eigenvalue weighted by Crippen LogP contribution is 2.21. The second kappa shape index (κ2) is 6.37. The minimum absolute atomic E-state index is 0.140. The van der Waals surface area contributed by atoms with Gasteiger partial charge >= 0.3 is 6.09 Å². The van der Waals surface area contributed by atoms with Gasteiger partial charge in [-0.2, -0.15) is 0 Å². The highest BCUT2D eigenvalue weighted by atomic mass is 16.6. The number of rotatable bonds is 2. The standard InChI is InChI=1S/C15H24N4O3/c1-11-9-18(14(20)22-15(2,3)4)6-7-19(11)12-8-13(21-5)17-10-16-12/h8,10-11H,6-7,9H2,1-5H3/t11-/m0/s1. The summed E-state index contributed by atoms with van der Waals surface area (Å²) >= 11 is 0. The summed E-state index contributed by atoms with van der Waals surface area (Å²) in [6, 6.07) is 1.94. The zero-order valence-corrected chi connectivity index (χ0v) is 13.9. The molecule has 22 heavy (non-hydrogen) atoms. The van der Waals surface area contributed by atoms with Crippen molar-refractivity contribution in [3.8, 4) is 5.88 Å². The zero-order chi connectivity index (χ0) is 16.3. The summed E-state index contributed by atoms with van der Waals surface area (Å²) in [6.45, 7) is 9.58. The minimum Gasteiger partial charge on any atom is -0.481 e. The van der Waals surface area contributed by atoms with Crippen LogP contribution in [0.25, 0.3) is 0 Å². The van der Waals surface area contributed by atoms with Gasteiger partial charge in [-0.3, -0.25) is 0 Å². The van der Waals surface area contributed by atoms with Crippen molar-refractivity contribution in [1.82, 2.24) is 14.9 Å². The average Bonchev–Trinajstić information content (AvgIpc) is 2.45. The zero-order valence-electron chi connectivity index (χ0n) is 13.9. The van der Waals surface area contributed by atoms with Gasteiger partial charge in [-0.25, -0.2) is 14.8 Å². The van der Waals surface area contributed by atoms with Crippen LogP contribution in [0.4, 0.5) is 10.6 Å². The Morgan fingerprint density at radius 2 is 2.05 bits per heavy atom. The summed E-state index contributed by atoms with van der Waals surface area (Å²) in [5.74, 6) is 1.34. The first-order valence-corrected chi connectivity index (χ1v) is 7.41. The molecule has 122 valence electrons. The molecule has 1 amide bonds. The number of methoxy groups -OCH3 is 1. The maximum absolute atomic E-state index is 12.1. The number of hydrogen-bond donors (Lipinski definition) is 0. The van der Waals surface area contributed by atoms with Gasteiger partial charge in [0.2, 0.25) is 5.88 Å². The number of piperazine rings is 1. The fourth-order valence-electron chi connectivity index (χ4n) is 2.39. The van der Waals surface area contributed by atoms with Crippen LogP contribution < -0.4 is 9.64 Å². The fraction of sp³-hybridized carbons (Fsp3) is 0.667. The van der Waals surface area contributed by atoms with Crippen molar-refractivity contribution in [1.29, 1.82) is 0 Å². The van der Waals surface area contributed by atoms with Crippen LogP contribution in [0.15, 0.2) is 12.4 Å². The van der Waals surface area contributed by atoms with Gasteiger partial charge in [-0.05, 0) is 27.7 Å². The van der Waals surface area contributed by atoms with Crippen molar-refractivity contribution in [2.45, 2.75) is 39.3 Å². The number of anilines is 1. The molecule has 7 nitrogen and oxygen atoms in total. The summed E-state index contributed by atoms with van der Waals surface area (Å²) in [6.07, 6.45) is 1.22. The number of aromatic nitrogens is 2. The van der Waals surface area contributed by atoms with Crippen LogP contribution in [-0.2, 0) is 4.74 Å². The smallest absolute Gasteiger partial charge is 0.410 e. The molecule has 2 rings (SSSR count). The molecule has 2 heterocycles. The predicted molar refractivity (Wildman–Crippen MR) is 83.2 cm³/mol. The summed E-state index contributed by atoms with van der Waals surface area (Å²) in [5.41, 5.74) is -0.475. The van der Waals surface area contributed by atoms with Crippen LogP contribution >= 0.6 is 0 Å². The third-order valence-electron chi connectivity index (χ3n) is 3.41. The molecule has 1 atom stereocenters. The Kier molecular flexibility index (Phi) is 4.73. The van der Waals surface area contributed by atoms with Crippen molar-refractivity contribution in [3.63, 3.8) is 0 Å².